The first-order valence-corrected chi connectivity index (χ1v) is 28.0. The van der Waals surface area contributed by atoms with Crippen molar-refractivity contribution in [1.29, 1.82) is 0 Å². The molecule has 402 valence electrons. The highest BCUT2D eigenvalue weighted by molar-refractivity contribution is 6.38. The number of carbonyl (C=O) groups is 4. The second-order valence-corrected chi connectivity index (χ2v) is 21.1. The van der Waals surface area contributed by atoms with Crippen molar-refractivity contribution in [2.24, 2.45) is 0 Å². The Morgan fingerprint density at radius 2 is 0.500 bits per heavy atom. The lowest BCUT2D eigenvalue weighted by molar-refractivity contribution is 0.103. The van der Waals surface area contributed by atoms with Gasteiger partial charge in [0.05, 0.1) is 67.1 Å². The van der Waals surface area contributed by atoms with Gasteiger partial charge in [0.25, 0.3) is 0 Å². The maximum atomic E-state index is 15.9. The molecule has 2 N–H and O–H groups in total. The van der Waals surface area contributed by atoms with Gasteiger partial charge in [-0.15, -0.1) is 0 Å². The van der Waals surface area contributed by atoms with Crippen molar-refractivity contribution in [1.82, 2.24) is 19.9 Å². The molecule has 11 aromatic rings. The summed E-state index contributed by atoms with van der Waals surface area (Å²) < 4.78 is 0. The van der Waals surface area contributed by atoms with Gasteiger partial charge in [0.1, 0.15) is 0 Å². The average Bonchev–Trinajstić information content (AvgIpc) is 2.28. The number of hydrogen-bond donors (Lipinski definition) is 2. The van der Waals surface area contributed by atoms with Gasteiger partial charge in [0, 0.05) is 44.5 Å². The van der Waals surface area contributed by atoms with Crippen LogP contribution in [0.5, 0.6) is 0 Å². The lowest BCUT2D eigenvalue weighted by Gasteiger charge is -2.11. The Hall–Kier alpha value is -11.0. The topological polar surface area (TPSA) is 126 Å². The minimum absolute atomic E-state index is 0.252. The Labute approximate surface area is 486 Å². The van der Waals surface area contributed by atoms with Crippen LogP contribution < -0.4 is 0 Å². The highest BCUT2D eigenvalue weighted by atomic mass is 16.1. The number of rotatable bonds is 12. The minimum Gasteiger partial charge on any atom is -0.354 e. The Kier molecular flexibility index (Phi) is 13.6. The number of ketones is 4. The molecule has 13 rings (SSSR count). The maximum absolute atomic E-state index is 15.9. The maximum Gasteiger partial charge on any atom is 0.195 e. The van der Waals surface area contributed by atoms with E-state index in [2.05, 4.69) is 9.97 Å². The number of aromatic amines is 2. The molecule has 3 aromatic heterocycles. The van der Waals surface area contributed by atoms with Gasteiger partial charge in [-0.05, 0) is 72.2 Å². The van der Waals surface area contributed by atoms with Crippen LogP contribution in [-0.2, 0) is 0 Å². The van der Waals surface area contributed by atoms with Crippen LogP contribution in [0.2, 0.25) is 0 Å². The lowest BCUT2D eigenvalue weighted by Crippen LogP contribution is -2.06. The van der Waals surface area contributed by atoms with E-state index in [1.807, 2.05) is 270 Å². The zero-order valence-corrected chi connectivity index (χ0v) is 46.6. The lowest BCUT2D eigenvalue weighted by atomic mass is 9.89. The van der Waals surface area contributed by atoms with E-state index < -0.39 is 0 Å². The summed E-state index contributed by atoms with van der Waals surface area (Å²) in [5.74, 6) is -1.03. The van der Waals surface area contributed by atoms with Crippen LogP contribution in [0.4, 0.5) is 0 Å². The molecule has 2 aliphatic heterocycles. The van der Waals surface area contributed by atoms with Crippen molar-refractivity contribution >= 4 is 67.5 Å². The predicted molar refractivity (Wildman–Crippen MR) is 338 cm³/mol. The molecular formula is C76H54N4O4. The van der Waals surface area contributed by atoms with E-state index in [-0.39, 0.29) is 23.1 Å². The molecular weight excluding hydrogens is 1030 g/mol. The second-order valence-electron chi connectivity index (χ2n) is 21.1. The van der Waals surface area contributed by atoms with E-state index in [0.717, 1.165) is 11.1 Å². The summed E-state index contributed by atoms with van der Waals surface area (Å²) in [5.41, 5.74) is 14.5. The molecule has 0 aliphatic carbocycles. The number of nitrogens with zero attached hydrogens (tertiary/aromatic N) is 2. The largest absolute Gasteiger partial charge is 0.354 e. The molecule has 5 heterocycles. The Morgan fingerprint density at radius 3 is 0.762 bits per heavy atom. The molecule has 0 amide bonds. The summed E-state index contributed by atoms with van der Waals surface area (Å²) in [4.78, 5) is 83.0. The van der Waals surface area contributed by atoms with E-state index in [1.54, 1.807) is 0 Å². The number of benzene rings is 8. The Morgan fingerprint density at radius 1 is 0.274 bits per heavy atom. The van der Waals surface area contributed by atoms with Gasteiger partial charge in [-0.25, -0.2) is 9.97 Å². The van der Waals surface area contributed by atoms with Crippen molar-refractivity contribution in [3.05, 3.63) is 310 Å². The van der Waals surface area contributed by atoms with Crippen LogP contribution in [0.3, 0.4) is 0 Å². The third kappa shape index (κ3) is 8.98. The normalized spacial score (nSPS) is 12.1. The first-order valence-electron chi connectivity index (χ1n) is 28.0. The number of nitrogens with one attached hydrogen (secondary N) is 2. The molecule has 8 aromatic carbocycles. The first-order chi connectivity index (χ1) is 41.1. The van der Waals surface area contributed by atoms with Crippen LogP contribution in [0.15, 0.2) is 243 Å². The van der Waals surface area contributed by atoms with Crippen molar-refractivity contribution < 1.29 is 19.2 Å². The van der Waals surface area contributed by atoms with Crippen LogP contribution in [0, 0.1) is 13.8 Å². The molecule has 84 heavy (non-hydrogen) atoms. The summed E-state index contributed by atoms with van der Waals surface area (Å²) in [6, 6.07) is 76.1. The first kappa shape index (κ1) is 52.4. The highest BCUT2D eigenvalue weighted by Gasteiger charge is 2.36. The van der Waals surface area contributed by atoms with Gasteiger partial charge >= 0.3 is 0 Å². The van der Waals surface area contributed by atoms with Gasteiger partial charge in [0.2, 0.25) is 0 Å². The van der Waals surface area contributed by atoms with E-state index in [4.69, 9.17) is 9.97 Å². The van der Waals surface area contributed by atoms with Crippen LogP contribution in [0.1, 0.15) is 100 Å². The molecule has 0 spiro atoms. The van der Waals surface area contributed by atoms with Crippen molar-refractivity contribution in [3.8, 4) is 44.5 Å². The van der Waals surface area contributed by atoms with Gasteiger partial charge in [-0.2, -0.15) is 0 Å². The van der Waals surface area contributed by atoms with Crippen molar-refractivity contribution in [2.75, 3.05) is 0 Å². The molecule has 0 unspecified atom stereocenters. The molecule has 2 aliphatic rings. The van der Waals surface area contributed by atoms with Crippen molar-refractivity contribution in [2.45, 2.75) is 27.7 Å². The highest BCUT2D eigenvalue weighted by Crippen LogP contribution is 2.49. The van der Waals surface area contributed by atoms with Crippen LogP contribution >= 0.6 is 0 Å². The summed E-state index contributed by atoms with van der Waals surface area (Å²) >= 11 is 0. The number of carbonyl (C=O) groups excluding carboxylic acids is 4. The Balaban J connectivity index is 1.37. The zero-order chi connectivity index (χ0) is 57.6. The van der Waals surface area contributed by atoms with E-state index in [9.17, 15) is 0 Å². The number of hydrogen-bond acceptors (Lipinski definition) is 6. The average molecular weight is 1090 g/mol. The molecule has 8 heteroatoms. The molecule has 8 nitrogen and oxygen atoms in total. The molecule has 0 radical (unpaired) electrons. The molecule has 0 saturated carbocycles. The quantitative estimate of drug-likeness (QED) is 0.117. The Bertz CT molecular complexity index is 4400. The SMILES string of the molecule is CC1=C(C(=O)c2ccccc2)c2nc1c(-c1ccccc1)c1[nH]c(c(C(=O)c3ccccc3)c1C)c(-c1ccccc1)c1nc(c(-c3ccccc3)c3[nH]c(c(C(=O)c4ccccc4)c3C)c2-c2ccccc2)C(C)=C1C(=O)c1ccccc1. The van der Waals surface area contributed by atoms with E-state index in [0.29, 0.717) is 145 Å². The van der Waals surface area contributed by atoms with Crippen LogP contribution in [-0.4, -0.2) is 43.1 Å². The van der Waals surface area contributed by atoms with Gasteiger partial charge < -0.3 is 9.97 Å². The predicted octanol–water partition coefficient (Wildman–Crippen LogP) is 17.7. The van der Waals surface area contributed by atoms with Gasteiger partial charge in [0.15, 0.2) is 23.1 Å². The smallest absolute Gasteiger partial charge is 0.195 e. The minimum atomic E-state index is -0.264. The second kappa shape index (κ2) is 21.8. The number of allylic oxidation sites excluding steroid dienone is 4. The third-order valence-electron chi connectivity index (χ3n) is 16.1. The molecule has 0 saturated heterocycles. The number of H-pyrrole nitrogens is 2. The summed E-state index contributed by atoms with van der Waals surface area (Å²) in [7, 11) is 0. The molecule has 8 bridgehead atoms. The van der Waals surface area contributed by atoms with Crippen LogP contribution in [0.25, 0.3) is 88.9 Å². The zero-order valence-electron chi connectivity index (χ0n) is 46.6. The summed E-state index contributed by atoms with van der Waals surface area (Å²) in [6.45, 7) is 7.75. The summed E-state index contributed by atoms with van der Waals surface area (Å²) in [6.07, 6.45) is 0. The fourth-order valence-corrected chi connectivity index (χ4v) is 12.1. The number of aromatic nitrogens is 4. The van der Waals surface area contributed by atoms with E-state index in [1.165, 1.54) is 0 Å². The standard InChI is InChI=1S/C76H54N4O4/c1-45-57(73(81)53-37-21-9-22-38-53)69-63(51-33-17-7-18-34-51)70-59(75(83)55-41-25-11-26-42-55)47(3)67(79-70)62(50-31-15-6-16-32-50)68-48(4)60(76(84)56-43-27-12-28-44-56)72(80-68)64(52-35-19-8-20-36-52)71-58(74(82)54-39-23-10-24-40-54)46(2)66(78-71)61(65(45)77-69)49-29-13-5-14-30-49/h5-44,77,80H,1-4H3. The number of fused-ring (bicyclic) bond motifs is 8. The number of Topliss-reactive ketones (excluding diaryl/α,β-unsaturated/α-hetero) is 2. The van der Waals surface area contributed by atoms with Gasteiger partial charge in [-0.3, -0.25) is 19.2 Å². The fourth-order valence-electron chi connectivity index (χ4n) is 12.1. The van der Waals surface area contributed by atoms with Gasteiger partial charge in [-0.1, -0.05) is 243 Å². The van der Waals surface area contributed by atoms with E-state index >= 15 is 19.2 Å². The fraction of sp³-hybridized carbons (Fsp3) is 0.0526. The molecule has 0 fully saturated rings. The third-order valence-corrected chi connectivity index (χ3v) is 16.1. The molecule has 0 atom stereocenters. The number of aryl methyl sites for hydroxylation is 2. The van der Waals surface area contributed by atoms with Crippen molar-refractivity contribution in [3.63, 3.8) is 0 Å². The monoisotopic (exact) mass is 1090 g/mol. The summed E-state index contributed by atoms with van der Waals surface area (Å²) in [5, 5.41) is 0.